The highest BCUT2D eigenvalue weighted by atomic mass is 35.5. The van der Waals surface area contributed by atoms with E-state index in [1.807, 2.05) is 12.1 Å². The molecule has 0 bridgehead atoms. The molecule has 1 aromatic carbocycles. The molecule has 190 valence electrons. The zero-order valence-electron chi connectivity index (χ0n) is 17.9. The van der Waals surface area contributed by atoms with Gasteiger partial charge in [-0.2, -0.15) is 27.6 Å². The van der Waals surface area contributed by atoms with Gasteiger partial charge in [0.25, 0.3) is 5.91 Å². The Balaban J connectivity index is 0.000000405. The number of amides is 1. The molecule has 0 aliphatic heterocycles. The molecule has 0 radical (unpaired) electrons. The third kappa shape index (κ3) is 6.17. The van der Waals surface area contributed by atoms with Crippen molar-refractivity contribution >= 4 is 62.5 Å². The van der Waals surface area contributed by atoms with Gasteiger partial charge in [0.1, 0.15) is 12.1 Å². The predicted molar refractivity (Wildman–Crippen MR) is 126 cm³/mol. The maximum atomic E-state index is 12.1. The molecule has 0 aliphatic rings. The van der Waals surface area contributed by atoms with Crippen LogP contribution in [0.2, 0.25) is 5.02 Å². The molecule has 12 nitrogen and oxygen atoms in total. The quantitative estimate of drug-likeness (QED) is 0.238. The van der Waals surface area contributed by atoms with E-state index in [1.165, 1.54) is 24.2 Å². The highest BCUT2D eigenvalue weighted by Crippen LogP contribution is 2.33. The molecule has 4 aromatic heterocycles. The molecular weight excluding hydrogens is 541 g/mol. The summed E-state index contributed by atoms with van der Waals surface area (Å²) in [5.41, 5.74) is 2.40. The number of oxazole rings is 1. The van der Waals surface area contributed by atoms with E-state index in [1.54, 1.807) is 24.5 Å². The number of carboxylic acids is 1. The van der Waals surface area contributed by atoms with Crippen LogP contribution in [0.5, 0.6) is 0 Å². The van der Waals surface area contributed by atoms with E-state index < -0.39 is 18.1 Å². The van der Waals surface area contributed by atoms with Crippen molar-refractivity contribution in [2.75, 3.05) is 10.6 Å². The van der Waals surface area contributed by atoms with Crippen LogP contribution in [0.15, 0.2) is 53.7 Å². The lowest BCUT2D eigenvalue weighted by atomic mass is 10.2. The number of carboxylic acid groups (broad SMARTS) is 1. The summed E-state index contributed by atoms with van der Waals surface area (Å²) in [6, 6.07) is 7.15. The summed E-state index contributed by atoms with van der Waals surface area (Å²) < 4.78 is 40.9. The number of pyridine rings is 1. The molecule has 0 fully saturated rings. The Morgan fingerprint density at radius 1 is 1.19 bits per heavy atom. The standard InChI is InChI=1S/C18H11ClN8O2S.C2HF3O2/c19-15-10-6-22-26-11(10)1-2-12(15)23-18-25-16(27-30-18)9-3-4-20-14(5-9)24-17(28)13-7-29-8-21-13;3-2(4,5)1(6)7/h1-8H,(H,22,26)(H,20,24,28)(H,23,25,27);(H,6,7). The molecule has 0 unspecified atom stereocenters. The Kier molecular flexibility index (Phi) is 7.30. The van der Waals surface area contributed by atoms with Gasteiger partial charge in [-0.05, 0) is 24.3 Å². The Hall–Kier alpha value is -4.57. The molecule has 4 N–H and O–H groups in total. The number of nitrogens with zero attached hydrogens (tertiary/aromatic N) is 5. The SMILES string of the molecule is O=C(Nc1cc(-c2nsc(Nc3ccc4[nH]ncc4c3Cl)n2)ccn1)c1cocn1.O=C(O)C(F)(F)F. The number of carbonyl (C=O) groups is 2. The summed E-state index contributed by atoms with van der Waals surface area (Å²) >= 11 is 7.63. The number of rotatable bonds is 5. The van der Waals surface area contributed by atoms with Gasteiger partial charge >= 0.3 is 12.1 Å². The van der Waals surface area contributed by atoms with Gasteiger partial charge in [0.05, 0.1) is 22.4 Å². The van der Waals surface area contributed by atoms with Crippen LogP contribution < -0.4 is 10.6 Å². The predicted octanol–water partition coefficient (Wildman–Crippen LogP) is 4.75. The van der Waals surface area contributed by atoms with Crippen LogP contribution in [-0.2, 0) is 4.79 Å². The van der Waals surface area contributed by atoms with Crippen LogP contribution >= 0.6 is 23.1 Å². The smallest absolute Gasteiger partial charge is 0.475 e. The van der Waals surface area contributed by atoms with Gasteiger partial charge in [-0.15, -0.1) is 0 Å². The molecule has 5 rings (SSSR count). The van der Waals surface area contributed by atoms with Crippen molar-refractivity contribution in [1.29, 1.82) is 0 Å². The van der Waals surface area contributed by atoms with E-state index in [2.05, 4.69) is 40.2 Å². The second kappa shape index (κ2) is 10.6. The number of H-pyrrole nitrogens is 1. The Labute approximate surface area is 212 Å². The fraction of sp³-hybridized carbons (Fsp3) is 0.0500. The number of carbonyl (C=O) groups excluding carboxylic acids is 1. The van der Waals surface area contributed by atoms with Gasteiger partial charge in [0.15, 0.2) is 17.9 Å². The number of benzene rings is 1. The first kappa shape index (κ1) is 25.5. The van der Waals surface area contributed by atoms with Crippen molar-refractivity contribution in [3.05, 3.63) is 60.0 Å². The maximum Gasteiger partial charge on any atom is 0.490 e. The van der Waals surface area contributed by atoms with Gasteiger partial charge in [-0.1, -0.05) is 11.6 Å². The minimum absolute atomic E-state index is 0.159. The zero-order chi connectivity index (χ0) is 26.6. The number of aromatic amines is 1. The number of aliphatic carboxylic acids is 1. The number of halogens is 4. The van der Waals surface area contributed by atoms with Crippen molar-refractivity contribution in [1.82, 2.24) is 29.5 Å². The van der Waals surface area contributed by atoms with Crippen LogP contribution in [0.4, 0.5) is 29.8 Å². The van der Waals surface area contributed by atoms with Gasteiger partial charge in [-0.3, -0.25) is 9.89 Å². The fourth-order valence-corrected chi connectivity index (χ4v) is 3.59. The Morgan fingerprint density at radius 3 is 2.68 bits per heavy atom. The highest BCUT2D eigenvalue weighted by Gasteiger charge is 2.38. The number of alkyl halides is 3. The molecule has 1 amide bonds. The molecule has 17 heteroatoms. The lowest BCUT2D eigenvalue weighted by Gasteiger charge is -2.05. The summed E-state index contributed by atoms with van der Waals surface area (Å²) in [6.45, 7) is 0. The maximum absolute atomic E-state index is 12.1. The number of nitrogens with one attached hydrogen (secondary N) is 3. The molecule has 0 spiro atoms. The summed E-state index contributed by atoms with van der Waals surface area (Å²) in [5.74, 6) is -2.35. The van der Waals surface area contributed by atoms with E-state index in [0.717, 1.165) is 10.9 Å². The van der Waals surface area contributed by atoms with Crippen LogP contribution in [-0.4, -0.2) is 52.7 Å². The van der Waals surface area contributed by atoms with Crippen LogP contribution in [0.25, 0.3) is 22.3 Å². The molecule has 5 aromatic rings. The van der Waals surface area contributed by atoms with Crippen LogP contribution in [0.1, 0.15) is 10.5 Å². The molecule has 0 saturated carbocycles. The Bertz CT molecular complexity index is 1550. The second-order valence-corrected chi connectivity index (χ2v) is 8.00. The molecule has 0 saturated heterocycles. The summed E-state index contributed by atoms with van der Waals surface area (Å²) in [6.07, 6.45) is 0.583. The fourth-order valence-electron chi connectivity index (χ4n) is 2.73. The number of fused-ring (bicyclic) bond motifs is 1. The Morgan fingerprint density at radius 2 is 1.97 bits per heavy atom. The molecule has 37 heavy (non-hydrogen) atoms. The minimum Gasteiger partial charge on any atom is -0.475 e. The average Bonchev–Trinajstić information content (AvgIpc) is 3.63. The first-order valence-electron chi connectivity index (χ1n) is 9.80. The van der Waals surface area contributed by atoms with Gasteiger partial charge in [0, 0.05) is 28.7 Å². The zero-order valence-corrected chi connectivity index (χ0v) is 19.5. The van der Waals surface area contributed by atoms with Crippen molar-refractivity contribution in [2.45, 2.75) is 6.18 Å². The van der Waals surface area contributed by atoms with Crippen molar-refractivity contribution in [2.24, 2.45) is 0 Å². The van der Waals surface area contributed by atoms with Crippen LogP contribution in [0.3, 0.4) is 0 Å². The summed E-state index contributed by atoms with van der Waals surface area (Å²) in [4.78, 5) is 33.4. The molecule has 0 aliphatic carbocycles. The third-order valence-corrected chi connectivity index (χ3v) is 5.43. The van der Waals surface area contributed by atoms with E-state index in [-0.39, 0.29) is 5.69 Å². The highest BCUT2D eigenvalue weighted by molar-refractivity contribution is 7.10. The lowest BCUT2D eigenvalue weighted by Crippen LogP contribution is -2.21. The largest absolute Gasteiger partial charge is 0.490 e. The normalized spacial score (nSPS) is 11.0. The summed E-state index contributed by atoms with van der Waals surface area (Å²) in [7, 11) is 0. The van der Waals surface area contributed by atoms with E-state index >= 15 is 0 Å². The second-order valence-electron chi connectivity index (χ2n) is 6.87. The minimum atomic E-state index is -5.08. The first-order valence-corrected chi connectivity index (χ1v) is 11.0. The van der Waals surface area contributed by atoms with E-state index in [0.29, 0.717) is 33.0 Å². The van der Waals surface area contributed by atoms with E-state index in [4.69, 9.17) is 25.9 Å². The molecule has 4 heterocycles. The molecular formula is C20H12ClF3N8O4S. The van der Waals surface area contributed by atoms with Gasteiger partial charge in [0.2, 0.25) is 5.13 Å². The van der Waals surface area contributed by atoms with Gasteiger partial charge < -0.3 is 20.2 Å². The third-order valence-electron chi connectivity index (χ3n) is 4.39. The lowest BCUT2D eigenvalue weighted by molar-refractivity contribution is -0.192. The summed E-state index contributed by atoms with van der Waals surface area (Å²) in [5, 5.41) is 21.7. The van der Waals surface area contributed by atoms with Gasteiger partial charge in [-0.25, -0.2) is 14.8 Å². The molecule has 0 atom stereocenters. The first-order chi connectivity index (χ1) is 17.6. The van der Waals surface area contributed by atoms with Crippen molar-refractivity contribution in [3.63, 3.8) is 0 Å². The topological polar surface area (TPSA) is 172 Å². The van der Waals surface area contributed by atoms with E-state index in [9.17, 15) is 18.0 Å². The average molecular weight is 553 g/mol. The monoisotopic (exact) mass is 552 g/mol. The number of hydrogen-bond donors (Lipinski definition) is 4. The number of aromatic nitrogens is 6. The number of anilines is 3. The van der Waals surface area contributed by atoms with Crippen molar-refractivity contribution < 1.29 is 32.3 Å². The van der Waals surface area contributed by atoms with Crippen molar-refractivity contribution in [3.8, 4) is 11.4 Å². The number of hydrogen-bond acceptors (Lipinski definition) is 10. The van der Waals surface area contributed by atoms with Crippen LogP contribution in [0, 0.1) is 0 Å².